The second-order valence-electron chi connectivity index (χ2n) is 11.6. The van der Waals surface area contributed by atoms with E-state index in [1.54, 1.807) is 6.20 Å². The molecule has 3 heterocycles. The number of fused-ring (bicyclic) bond motifs is 1. The smallest absolute Gasteiger partial charge is 0.225 e. The summed E-state index contributed by atoms with van der Waals surface area (Å²) in [7, 11) is -3.82. The van der Waals surface area contributed by atoms with Gasteiger partial charge in [-0.05, 0) is 75.8 Å². The van der Waals surface area contributed by atoms with Crippen molar-refractivity contribution in [2.45, 2.75) is 74.1 Å². The summed E-state index contributed by atoms with van der Waals surface area (Å²) < 4.78 is 40.4. The van der Waals surface area contributed by atoms with Gasteiger partial charge in [-0.3, -0.25) is 4.98 Å². The molecule has 42 heavy (non-hydrogen) atoms. The van der Waals surface area contributed by atoms with Gasteiger partial charge in [0.05, 0.1) is 32.3 Å². The molecule has 3 saturated carbocycles. The maximum Gasteiger partial charge on any atom is 0.225 e. The van der Waals surface area contributed by atoms with E-state index >= 15 is 0 Å². The third-order valence-electron chi connectivity index (χ3n) is 8.29. The number of nitrogens with zero attached hydrogens (tertiary/aromatic N) is 4. The number of aryl methyl sites for hydroxylation is 1. The minimum absolute atomic E-state index is 0.0279. The first-order chi connectivity index (χ1) is 20.1. The first kappa shape index (κ1) is 27.6. The number of nitrogens with one attached hydrogen (secondary N) is 2. The largest absolute Gasteiger partial charge is 0.388 e. The summed E-state index contributed by atoms with van der Waals surface area (Å²) in [6, 6.07) is 6.83. The molecule has 3 aliphatic rings. The van der Waals surface area contributed by atoms with E-state index in [9.17, 15) is 23.0 Å². The summed E-state index contributed by atoms with van der Waals surface area (Å²) >= 11 is 1.49. The fraction of sp³-hybridized carbons (Fsp3) is 0.448. The van der Waals surface area contributed by atoms with Crippen LogP contribution in [0.1, 0.15) is 55.8 Å². The Balaban J connectivity index is 1.21. The lowest BCUT2D eigenvalue weighted by Crippen LogP contribution is -2.48. The lowest BCUT2D eigenvalue weighted by molar-refractivity contribution is -0.0442. The summed E-state index contributed by atoms with van der Waals surface area (Å²) in [5.74, 6) is -0.525. The van der Waals surface area contributed by atoms with Crippen LogP contribution in [0.3, 0.4) is 0 Å². The molecule has 1 aromatic carbocycles. The molecule has 0 saturated heterocycles. The fourth-order valence-corrected chi connectivity index (χ4v) is 8.39. The molecular formula is C29H31FN6O4S2. The number of pyridine rings is 1. The molecular weight excluding hydrogens is 579 g/mol. The molecule has 220 valence electrons. The van der Waals surface area contributed by atoms with Gasteiger partial charge in [0.1, 0.15) is 28.3 Å². The zero-order valence-corrected chi connectivity index (χ0v) is 24.6. The molecule has 10 nitrogen and oxygen atoms in total. The predicted molar refractivity (Wildman–Crippen MR) is 158 cm³/mol. The number of benzene rings is 1. The molecule has 7 rings (SSSR count). The molecule has 3 atom stereocenters. The zero-order chi connectivity index (χ0) is 29.2. The number of aromatic nitrogens is 4. The van der Waals surface area contributed by atoms with Crippen molar-refractivity contribution < 1.29 is 23.0 Å². The second kappa shape index (κ2) is 10.2. The molecule has 3 aromatic heterocycles. The van der Waals surface area contributed by atoms with Crippen molar-refractivity contribution in [3.8, 4) is 10.6 Å². The van der Waals surface area contributed by atoms with Crippen LogP contribution in [0.4, 0.5) is 16.2 Å². The van der Waals surface area contributed by atoms with Crippen molar-refractivity contribution in [2.75, 3.05) is 16.4 Å². The van der Waals surface area contributed by atoms with Crippen LogP contribution < -0.4 is 10.6 Å². The molecule has 0 aliphatic heterocycles. The average molecular weight is 611 g/mol. The molecule has 0 amide bonds. The molecule has 4 aromatic rings. The average Bonchev–Trinajstić information content (AvgIpc) is 3.88. The van der Waals surface area contributed by atoms with E-state index in [1.165, 1.54) is 23.5 Å². The quantitative estimate of drug-likeness (QED) is 0.159. The molecule has 3 unspecified atom stereocenters. The number of thiazole rings is 1. The molecule has 0 spiro atoms. The maximum atomic E-state index is 13.4. The van der Waals surface area contributed by atoms with Crippen LogP contribution >= 0.6 is 11.3 Å². The zero-order valence-electron chi connectivity index (χ0n) is 22.9. The Morgan fingerprint density at radius 1 is 1.07 bits per heavy atom. The van der Waals surface area contributed by atoms with Gasteiger partial charge >= 0.3 is 0 Å². The van der Waals surface area contributed by atoms with Crippen molar-refractivity contribution in [1.29, 1.82) is 0 Å². The highest BCUT2D eigenvalue weighted by molar-refractivity contribution is 7.91. The minimum Gasteiger partial charge on any atom is -0.388 e. The number of anilines is 2. The third-order valence-corrected chi connectivity index (χ3v) is 11.2. The van der Waals surface area contributed by atoms with Gasteiger partial charge in [-0.2, -0.15) is 4.98 Å². The van der Waals surface area contributed by atoms with Crippen molar-refractivity contribution >= 4 is 43.2 Å². The number of sulfone groups is 1. The molecule has 0 radical (unpaired) electrons. The number of rotatable bonds is 9. The highest BCUT2D eigenvalue weighted by Gasteiger charge is 2.49. The molecule has 3 fully saturated rings. The summed E-state index contributed by atoms with van der Waals surface area (Å²) in [5.41, 5.74) is 1.28. The Labute approximate surface area is 246 Å². The Morgan fingerprint density at radius 3 is 2.55 bits per heavy atom. The fourth-order valence-electron chi connectivity index (χ4n) is 5.67. The van der Waals surface area contributed by atoms with Crippen molar-refractivity contribution in [3.63, 3.8) is 0 Å². The minimum atomic E-state index is -3.82. The topological polar surface area (TPSA) is 150 Å². The van der Waals surface area contributed by atoms with Gasteiger partial charge < -0.3 is 20.8 Å². The van der Waals surface area contributed by atoms with E-state index in [0.29, 0.717) is 40.0 Å². The Kier molecular flexibility index (Phi) is 6.68. The normalized spacial score (nSPS) is 24.3. The van der Waals surface area contributed by atoms with E-state index in [2.05, 4.69) is 20.6 Å². The molecule has 13 heteroatoms. The van der Waals surface area contributed by atoms with Crippen molar-refractivity contribution in [1.82, 2.24) is 19.9 Å². The first-order valence-corrected chi connectivity index (χ1v) is 16.6. The van der Waals surface area contributed by atoms with Gasteiger partial charge in [0.25, 0.3) is 0 Å². The maximum absolute atomic E-state index is 13.4. The third kappa shape index (κ3) is 5.23. The first-order valence-electron chi connectivity index (χ1n) is 14.2. The summed E-state index contributed by atoms with van der Waals surface area (Å²) in [5, 5.41) is 30.0. The van der Waals surface area contributed by atoms with Crippen LogP contribution in [0.5, 0.6) is 0 Å². The van der Waals surface area contributed by atoms with Gasteiger partial charge in [0.2, 0.25) is 5.95 Å². The lowest BCUT2D eigenvalue weighted by Gasteiger charge is -2.31. The van der Waals surface area contributed by atoms with Crippen LogP contribution in [0.15, 0.2) is 41.4 Å². The molecule has 4 N–H and O–H groups in total. The van der Waals surface area contributed by atoms with E-state index in [-0.39, 0.29) is 23.5 Å². The standard InChI is InChI=1S/C29H31FN6O4S2/c1-15-22(27-34-24-21(41-27)11-13-31-23(24)16-2-3-16)26(35-28(32-15)33-19-6-7-19)36-29(38)12-10-17(25(29)37)14-42(39,40)20-8-4-18(30)5-9-20/h4-5,8-9,11,13,16-17,19,25,37-38H,2-3,6-7,10,12,14H2,1H3,(H2,32,33,35,36). The highest BCUT2D eigenvalue weighted by atomic mass is 32.2. The van der Waals surface area contributed by atoms with Gasteiger partial charge in [-0.15, -0.1) is 11.3 Å². The monoisotopic (exact) mass is 610 g/mol. The summed E-state index contributed by atoms with van der Waals surface area (Å²) in [4.78, 5) is 18.9. The van der Waals surface area contributed by atoms with Crippen LogP contribution in [0.25, 0.3) is 20.8 Å². The number of aliphatic hydroxyl groups excluding tert-OH is 1. The molecule has 0 bridgehead atoms. The molecule has 3 aliphatic carbocycles. The van der Waals surface area contributed by atoms with E-state index in [0.717, 1.165) is 53.7 Å². The van der Waals surface area contributed by atoms with Gasteiger partial charge in [0.15, 0.2) is 15.6 Å². The number of hydrogen-bond donors (Lipinski definition) is 4. The number of hydrogen-bond acceptors (Lipinski definition) is 11. The van der Waals surface area contributed by atoms with Gasteiger partial charge in [0, 0.05) is 24.1 Å². The SMILES string of the molecule is Cc1nc(NC2CC2)nc(NC2(O)CCC(CS(=O)(=O)c3ccc(F)cc3)C2O)c1-c1nc2c(C3CC3)nccc2s1. The van der Waals surface area contributed by atoms with E-state index < -0.39 is 33.4 Å². The summed E-state index contributed by atoms with van der Waals surface area (Å²) in [6.07, 6.45) is 4.99. The van der Waals surface area contributed by atoms with Gasteiger partial charge in [-0.1, -0.05) is 0 Å². The van der Waals surface area contributed by atoms with Crippen molar-refractivity contribution in [2.24, 2.45) is 5.92 Å². The van der Waals surface area contributed by atoms with Crippen LogP contribution in [-0.4, -0.2) is 62.2 Å². The summed E-state index contributed by atoms with van der Waals surface area (Å²) in [6.45, 7) is 1.86. The van der Waals surface area contributed by atoms with E-state index in [1.807, 2.05) is 13.0 Å². The number of halogens is 1. The van der Waals surface area contributed by atoms with Crippen LogP contribution in [-0.2, 0) is 9.84 Å². The highest BCUT2D eigenvalue weighted by Crippen LogP contribution is 2.45. The second-order valence-corrected chi connectivity index (χ2v) is 14.7. The lowest BCUT2D eigenvalue weighted by atomic mass is 10.0. The Bertz CT molecular complexity index is 1770. The Hall–Kier alpha value is -3.26. The number of aliphatic hydroxyl groups is 2. The van der Waals surface area contributed by atoms with Crippen molar-refractivity contribution in [3.05, 3.63) is 53.7 Å². The van der Waals surface area contributed by atoms with Crippen LogP contribution in [0.2, 0.25) is 0 Å². The predicted octanol–water partition coefficient (Wildman–Crippen LogP) is 4.39. The van der Waals surface area contributed by atoms with Crippen LogP contribution in [0, 0.1) is 18.7 Å². The Morgan fingerprint density at radius 2 is 1.83 bits per heavy atom. The van der Waals surface area contributed by atoms with E-state index in [4.69, 9.17) is 9.97 Å². The van der Waals surface area contributed by atoms with Gasteiger partial charge in [-0.25, -0.2) is 22.8 Å².